The van der Waals surface area contributed by atoms with Crippen molar-refractivity contribution in [3.05, 3.63) is 81.2 Å². The molecule has 0 aliphatic carbocycles. The Kier molecular flexibility index (Phi) is 11.5. The summed E-state index contributed by atoms with van der Waals surface area (Å²) in [6.07, 6.45) is -4.22. The van der Waals surface area contributed by atoms with Crippen LogP contribution in [0.1, 0.15) is 44.7 Å². The molecule has 9 nitrogen and oxygen atoms in total. The van der Waals surface area contributed by atoms with E-state index in [-0.39, 0.29) is 50.3 Å². The van der Waals surface area contributed by atoms with E-state index in [2.05, 4.69) is 20.9 Å². The molecule has 254 valence electrons. The highest BCUT2D eigenvalue weighted by Crippen LogP contribution is 2.40. The second kappa shape index (κ2) is 15.0. The summed E-state index contributed by atoms with van der Waals surface area (Å²) >= 11 is 3.27. The Hall–Kier alpha value is -3.73. The largest absolute Gasteiger partial charge is 0.478 e. The van der Waals surface area contributed by atoms with Crippen LogP contribution in [0.15, 0.2) is 53.1 Å². The third kappa shape index (κ3) is 9.00. The van der Waals surface area contributed by atoms with E-state index >= 15 is 4.39 Å². The molecule has 2 aromatic carbocycles. The topological polar surface area (TPSA) is 101 Å². The monoisotopic (exact) mass is 733 g/mol. The number of methoxy groups -OCH3 is 2. The number of alkyl halides is 5. The minimum absolute atomic E-state index is 0.0335. The number of halogens is 7. The third-order valence-corrected chi connectivity index (χ3v) is 7.76. The van der Waals surface area contributed by atoms with Gasteiger partial charge in [-0.2, -0.15) is 13.2 Å². The van der Waals surface area contributed by atoms with E-state index in [0.29, 0.717) is 22.7 Å². The summed E-state index contributed by atoms with van der Waals surface area (Å²) in [4.78, 5) is 32.2. The number of carboxylic acid groups (broad SMARTS) is 1. The maximum Gasteiger partial charge on any atom is 0.421 e. The van der Waals surface area contributed by atoms with Gasteiger partial charge in [-0.3, -0.25) is 14.6 Å². The Labute approximate surface area is 274 Å². The van der Waals surface area contributed by atoms with E-state index in [1.54, 1.807) is 12.1 Å². The molecule has 3 aromatic rings. The van der Waals surface area contributed by atoms with Crippen molar-refractivity contribution in [3.8, 4) is 11.6 Å². The predicted octanol–water partition coefficient (Wildman–Crippen LogP) is 7.03. The number of hydrogen-bond donors (Lipinski definition) is 1. The summed E-state index contributed by atoms with van der Waals surface area (Å²) in [5.41, 5.74) is -2.47. The van der Waals surface area contributed by atoms with Crippen molar-refractivity contribution < 1.29 is 55.2 Å². The molecule has 0 unspecified atom stereocenters. The fourth-order valence-corrected chi connectivity index (χ4v) is 5.45. The summed E-state index contributed by atoms with van der Waals surface area (Å²) in [6, 6.07) is 7.06. The zero-order valence-corrected chi connectivity index (χ0v) is 26.7. The Bertz CT molecular complexity index is 1590. The maximum absolute atomic E-state index is 15.7. The molecule has 1 fully saturated rings. The third-order valence-electron chi connectivity index (χ3n) is 7.23. The van der Waals surface area contributed by atoms with Crippen LogP contribution >= 0.6 is 15.9 Å². The average Bonchev–Trinajstić information content (AvgIpc) is 2.98. The van der Waals surface area contributed by atoms with Gasteiger partial charge in [-0.1, -0.05) is 15.9 Å². The second-order valence-corrected chi connectivity index (χ2v) is 11.7. The van der Waals surface area contributed by atoms with Gasteiger partial charge in [-0.05, 0) is 48.9 Å². The summed E-state index contributed by atoms with van der Waals surface area (Å²) < 4.78 is 102. The quantitative estimate of drug-likeness (QED) is 0.198. The number of likely N-dealkylation sites (tertiary alicyclic amines) is 1. The minimum Gasteiger partial charge on any atom is -0.478 e. The van der Waals surface area contributed by atoms with Gasteiger partial charge in [0.25, 0.3) is 11.8 Å². The first-order valence-electron chi connectivity index (χ1n) is 14.1. The molecule has 0 atom stereocenters. The summed E-state index contributed by atoms with van der Waals surface area (Å²) in [6.45, 7) is -0.935. The van der Waals surface area contributed by atoms with E-state index in [1.807, 2.05) is 0 Å². The highest BCUT2D eigenvalue weighted by atomic mass is 79.9. The molecule has 2 heterocycles. The first kappa shape index (κ1) is 36.1. The first-order chi connectivity index (χ1) is 22.1. The number of amides is 1. The van der Waals surface area contributed by atoms with Crippen molar-refractivity contribution in [2.45, 2.75) is 37.5 Å². The number of ether oxygens (including phenoxy) is 3. The van der Waals surface area contributed by atoms with Gasteiger partial charge in [0.1, 0.15) is 5.56 Å². The molecule has 16 heteroatoms. The van der Waals surface area contributed by atoms with Gasteiger partial charge in [0, 0.05) is 55.6 Å². The zero-order chi connectivity index (χ0) is 34.5. The number of nitrogens with zero attached hydrogens (tertiary/aromatic N) is 3. The van der Waals surface area contributed by atoms with Crippen molar-refractivity contribution in [2.24, 2.45) is 0 Å². The number of anilines is 1. The number of benzene rings is 2. The molecule has 0 radical (unpaired) electrons. The Morgan fingerprint density at radius 3 is 2.34 bits per heavy atom. The molecule has 1 aromatic heterocycles. The number of hydrogen-bond acceptors (Lipinski definition) is 7. The SMILES string of the molecule is COCC(COC)N(C(=O)c1ccc(Br)cc1)c1cc(F)c(Oc2ncc(CN3CCCC(F)(F)C3)cc2C(F)(F)F)cc1C(=O)O. The van der Waals surface area contributed by atoms with E-state index in [0.717, 1.165) is 11.1 Å². The molecule has 1 N–H and O–H groups in total. The number of carboxylic acids is 1. The molecule has 1 amide bonds. The van der Waals surface area contributed by atoms with Crippen molar-refractivity contribution in [1.82, 2.24) is 9.88 Å². The number of carbonyl (C=O) groups is 2. The lowest BCUT2D eigenvalue weighted by atomic mass is 10.1. The molecule has 47 heavy (non-hydrogen) atoms. The Morgan fingerprint density at radius 2 is 1.77 bits per heavy atom. The normalized spacial score (nSPS) is 15.1. The van der Waals surface area contributed by atoms with Crippen LogP contribution < -0.4 is 9.64 Å². The van der Waals surface area contributed by atoms with E-state index in [1.165, 1.54) is 31.3 Å². The number of pyridine rings is 1. The van der Waals surface area contributed by atoms with E-state index in [9.17, 15) is 36.6 Å². The summed E-state index contributed by atoms with van der Waals surface area (Å²) in [7, 11) is 2.66. The van der Waals surface area contributed by atoms with Crippen LogP contribution in [-0.4, -0.2) is 79.4 Å². The molecular formula is C31H30BrF6N3O6. The van der Waals surface area contributed by atoms with Crippen molar-refractivity contribution in [2.75, 3.05) is 45.4 Å². The van der Waals surface area contributed by atoms with Gasteiger partial charge in [0.15, 0.2) is 11.6 Å². The Morgan fingerprint density at radius 1 is 1.11 bits per heavy atom. The van der Waals surface area contributed by atoms with Crippen LogP contribution in [0.25, 0.3) is 0 Å². The average molecular weight is 734 g/mol. The second-order valence-electron chi connectivity index (χ2n) is 10.8. The molecule has 1 saturated heterocycles. The van der Waals surface area contributed by atoms with Crippen molar-refractivity contribution in [3.63, 3.8) is 0 Å². The standard InChI is InChI=1S/C31H30BrF6N3O6/c1-45-15-21(16-46-2)41(28(42)19-4-6-20(32)7-5-19)25-12-24(33)26(11-22(25)29(43)44)47-27-23(31(36,37)38)10-18(13-39-27)14-40-9-3-8-30(34,35)17-40/h4-7,10-13,21H,3,8-9,14-17H2,1-2H3,(H,43,44). The predicted molar refractivity (Wildman–Crippen MR) is 161 cm³/mol. The fraction of sp³-hybridized carbons (Fsp3) is 0.387. The highest BCUT2D eigenvalue weighted by molar-refractivity contribution is 9.10. The number of carbonyl (C=O) groups excluding carboxylic acids is 1. The van der Waals surface area contributed by atoms with E-state index in [4.69, 9.17) is 14.2 Å². The minimum atomic E-state index is -5.06. The van der Waals surface area contributed by atoms with Gasteiger partial charge in [0.05, 0.1) is 37.1 Å². The van der Waals surface area contributed by atoms with Crippen LogP contribution in [0.5, 0.6) is 11.6 Å². The van der Waals surface area contributed by atoms with Crippen LogP contribution in [0.3, 0.4) is 0 Å². The van der Waals surface area contributed by atoms with Gasteiger partial charge in [-0.15, -0.1) is 0 Å². The summed E-state index contributed by atoms with van der Waals surface area (Å²) in [5, 5.41) is 10.1. The van der Waals surface area contributed by atoms with Crippen LogP contribution in [0.2, 0.25) is 0 Å². The van der Waals surface area contributed by atoms with Gasteiger partial charge < -0.3 is 19.3 Å². The van der Waals surface area contributed by atoms with Crippen molar-refractivity contribution >= 4 is 33.5 Å². The molecule has 0 saturated carbocycles. The lowest BCUT2D eigenvalue weighted by Gasteiger charge is -2.32. The van der Waals surface area contributed by atoms with Crippen LogP contribution in [0.4, 0.5) is 32.0 Å². The molecular weight excluding hydrogens is 704 g/mol. The maximum atomic E-state index is 15.7. The molecule has 0 spiro atoms. The zero-order valence-electron chi connectivity index (χ0n) is 25.1. The summed E-state index contributed by atoms with van der Waals surface area (Å²) in [5.74, 6) is -8.67. The fourth-order valence-electron chi connectivity index (χ4n) is 5.19. The lowest BCUT2D eigenvalue weighted by molar-refractivity contribution is -0.139. The molecule has 4 rings (SSSR count). The molecule has 1 aliphatic rings. The number of aromatic carboxylic acids is 1. The Balaban J connectivity index is 1.75. The van der Waals surface area contributed by atoms with Gasteiger partial charge in [-0.25, -0.2) is 22.9 Å². The lowest BCUT2D eigenvalue weighted by Crippen LogP contribution is -2.46. The molecule has 1 aliphatic heterocycles. The molecule has 0 bridgehead atoms. The number of aromatic nitrogens is 1. The number of piperidine rings is 1. The first-order valence-corrected chi connectivity index (χ1v) is 14.9. The van der Waals surface area contributed by atoms with Crippen LogP contribution in [-0.2, 0) is 22.2 Å². The number of rotatable bonds is 12. The smallest absolute Gasteiger partial charge is 0.421 e. The van der Waals surface area contributed by atoms with Crippen LogP contribution in [0, 0.1) is 5.82 Å². The van der Waals surface area contributed by atoms with E-state index < -0.39 is 70.8 Å². The highest BCUT2D eigenvalue weighted by Gasteiger charge is 2.38. The van der Waals surface area contributed by atoms with Gasteiger partial charge in [0.2, 0.25) is 5.88 Å². The van der Waals surface area contributed by atoms with Crippen molar-refractivity contribution in [1.29, 1.82) is 0 Å². The van der Waals surface area contributed by atoms with Gasteiger partial charge >= 0.3 is 12.1 Å².